The lowest BCUT2D eigenvalue weighted by Crippen LogP contribution is -2.40. The summed E-state index contributed by atoms with van der Waals surface area (Å²) in [4.78, 5) is 17.2. The number of aryl methyl sites for hydroxylation is 2. The lowest BCUT2D eigenvalue weighted by atomic mass is 10.0. The third-order valence-corrected chi connectivity index (χ3v) is 7.41. The van der Waals surface area contributed by atoms with E-state index in [1.54, 1.807) is 18.2 Å². The van der Waals surface area contributed by atoms with Crippen molar-refractivity contribution < 1.29 is 22.4 Å². The average Bonchev–Trinajstić information content (AvgIpc) is 3.28. The number of fused-ring (bicyclic) bond motifs is 2. The van der Waals surface area contributed by atoms with Crippen molar-refractivity contribution in [2.75, 3.05) is 31.6 Å². The summed E-state index contributed by atoms with van der Waals surface area (Å²) in [5, 5.41) is 2.78. The Bertz CT molecular complexity index is 1090. The van der Waals surface area contributed by atoms with Crippen LogP contribution in [0.3, 0.4) is 0 Å². The van der Waals surface area contributed by atoms with Crippen LogP contribution in [-0.4, -0.2) is 49.9 Å². The molecule has 0 spiro atoms. The number of rotatable bonds is 3. The molecule has 0 atom stereocenters. The number of morpholine rings is 1. The molecule has 1 aromatic carbocycles. The summed E-state index contributed by atoms with van der Waals surface area (Å²) in [5.41, 5.74) is 2.43. The van der Waals surface area contributed by atoms with Gasteiger partial charge in [-0.3, -0.25) is 4.79 Å². The van der Waals surface area contributed by atoms with Gasteiger partial charge in [-0.05, 0) is 37.5 Å². The Morgan fingerprint density at radius 2 is 1.93 bits per heavy atom. The fourth-order valence-electron chi connectivity index (χ4n) is 3.96. The van der Waals surface area contributed by atoms with Gasteiger partial charge >= 0.3 is 0 Å². The summed E-state index contributed by atoms with van der Waals surface area (Å²) < 4.78 is 38.4. The summed E-state index contributed by atoms with van der Waals surface area (Å²) in [5.74, 6) is 0.971. The van der Waals surface area contributed by atoms with E-state index in [-0.39, 0.29) is 10.8 Å². The number of sulfonamides is 1. The highest BCUT2D eigenvalue weighted by atomic mass is 32.2. The normalized spacial score (nSPS) is 21.1. The minimum absolute atomic E-state index is 0.159. The second kappa shape index (κ2) is 7.08. The Labute approximate surface area is 168 Å². The number of amides is 1. The third kappa shape index (κ3) is 3.29. The van der Waals surface area contributed by atoms with Crippen molar-refractivity contribution in [2.24, 2.45) is 0 Å². The van der Waals surface area contributed by atoms with E-state index in [2.05, 4.69) is 10.3 Å². The summed E-state index contributed by atoms with van der Waals surface area (Å²) >= 11 is 0. The monoisotopic (exact) mass is 415 g/mol. The number of carbonyl (C=O) groups excluding carboxylic acids is 1. The highest BCUT2D eigenvalue weighted by Gasteiger charge is 2.31. The van der Waals surface area contributed by atoms with E-state index in [4.69, 9.17) is 9.15 Å². The topological polar surface area (TPSA) is 102 Å². The minimum Gasteiger partial charge on any atom is -0.441 e. The molecule has 8 nitrogen and oxygen atoms in total. The van der Waals surface area contributed by atoms with E-state index in [0.717, 1.165) is 37.1 Å². The number of nitrogens with one attached hydrogen (secondary N) is 1. The van der Waals surface area contributed by atoms with Crippen molar-refractivity contribution in [1.82, 2.24) is 9.29 Å². The molecule has 3 aliphatic rings. The lowest BCUT2D eigenvalue weighted by Gasteiger charge is -2.26. The molecule has 0 bridgehead atoms. The SMILES string of the molecule is O=C1Nc2ccc(S(=O)(=O)N3CCOCC3)cc2C1=Cc1nc2c(o1)CCCC2. The predicted octanol–water partition coefficient (Wildman–Crippen LogP) is 2.07. The van der Waals surface area contributed by atoms with Crippen molar-refractivity contribution in [3.05, 3.63) is 41.1 Å². The number of nitrogens with zero attached hydrogens (tertiary/aromatic N) is 2. The second-order valence-electron chi connectivity index (χ2n) is 7.37. The van der Waals surface area contributed by atoms with Crippen LogP contribution in [0, 0.1) is 0 Å². The summed E-state index contributed by atoms with van der Waals surface area (Å²) in [6, 6.07) is 4.70. The molecule has 29 heavy (non-hydrogen) atoms. The molecule has 1 aliphatic carbocycles. The van der Waals surface area contributed by atoms with Crippen LogP contribution in [0.25, 0.3) is 11.6 Å². The van der Waals surface area contributed by atoms with Crippen LogP contribution in [0.15, 0.2) is 27.5 Å². The largest absolute Gasteiger partial charge is 0.441 e. The maximum absolute atomic E-state index is 13.0. The Morgan fingerprint density at radius 3 is 2.72 bits per heavy atom. The van der Waals surface area contributed by atoms with Crippen LogP contribution in [0.4, 0.5) is 5.69 Å². The molecule has 1 aromatic heterocycles. The fourth-order valence-corrected chi connectivity index (χ4v) is 5.40. The number of carbonyl (C=O) groups is 1. The van der Waals surface area contributed by atoms with Gasteiger partial charge in [-0.15, -0.1) is 0 Å². The maximum atomic E-state index is 13.0. The third-order valence-electron chi connectivity index (χ3n) is 5.51. The van der Waals surface area contributed by atoms with Crippen molar-refractivity contribution in [3.63, 3.8) is 0 Å². The van der Waals surface area contributed by atoms with Gasteiger partial charge in [0, 0.05) is 36.8 Å². The smallest absolute Gasteiger partial charge is 0.256 e. The van der Waals surface area contributed by atoms with Gasteiger partial charge in [0.05, 0.1) is 29.4 Å². The fraction of sp³-hybridized carbons (Fsp3) is 0.400. The molecule has 1 N–H and O–H groups in total. The number of anilines is 1. The van der Waals surface area contributed by atoms with E-state index >= 15 is 0 Å². The van der Waals surface area contributed by atoms with Crippen LogP contribution < -0.4 is 5.32 Å². The van der Waals surface area contributed by atoms with Crippen LogP contribution >= 0.6 is 0 Å². The number of ether oxygens (including phenoxy) is 1. The Hall–Kier alpha value is -2.49. The zero-order valence-corrected chi connectivity index (χ0v) is 16.6. The zero-order valence-electron chi connectivity index (χ0n) is 15.8. The molecular formula is C20H21N3O5S. The molecule has 152 valence electrons. The maximum Gasteiger partial charge on any atom is 0.256 e. The van der Waals surface area contributed by atoms with Crippen molar-refractivity contribution >= 4 is 33.3 Å². The van der Waals surface area contributed by atoms with Gasteiger partial charge in [-0.25, -0.2) is 13.4 Å². The number of oxazole rings is 1. The first-order valence-corrected chi connectivity index (χ1v) is 11.2. The summed E-state index contributed by atoms with van der Waals surface area (Å²) in [6.45, 7) is 1.40. The first-order valence-electron chi connectivity index (χ1n) is 9.76. The number of benzene rings is 1. The summed E-state index contributed by atoms with van der Waals surface area (Å²) in [7, 11) is -3.65. The van der Waals surface area contributed by atoms with Gasteiger partial charge in [0.25, 0.3) is 5.91 Å². The van der Waals surface area contributed by atoms with E-state index in [1.807, 2.05) is 0 Å². The van der Waals surface area contributed by atoms with Crippen LogP contribution in [-0.2, 0) is 32.4 Å². The quantitative estimate of drug-likeness (QED) is 0.770. The number of hydrogen-bond donors (Lipinski definition) is 1. The van der Waals surface area contributed by atoms with Gasteiger partial charge in [0.15, 0.2) is 0 Å². The highest BCUT2D eigenvalue weighted by molar-refractivity contribution is 7.89. The molecule has 3 heterocycles. The van der Waals surface area contributed by atoms with Crippen LogP contribution in [0.1, 0.15) is 35.7 Å². The van der Waals surface area contributed by atoms with Crippen LogP contribution in [0.2, 0.25) is 0 Å². The molecule has 2 aliphatic heterocycles. The van der Waals surface area contributed by atoms with Crippen LogP contribution in [0.5, 0.6) is 0 Å². The van der Waals surface area contributed by atoms with Gasteiger partial charge in [-0.1, -0.05) is 0 Å². The second-order valence-corrected chi connectivity index (χ2v) is 9.30. The Balaban J connectivity index is 1.52. The molecule has 0 unspecified atom stereocenters. The van der Waals surface area contributed by atoms with E-state index < -0.39 is 10.0 Å². The first-order chi connectivity index (χ1) is 14.0. The van der Waals surface area contributed by atoms with Crippen molar-refractivity contribution in [2.45, 2.75) is 30.6 Å². The standard InChI is InChI=1S/C20H21N3O5S/c24-20-15(12-19-21-17-3-1-2-4-18(17)28-19)14-11-13(5-6-16(14)22-20)29(25,26)23-7-9-27-10-8-23/h5-6,11-12H,1-4,7-10H2,(H,22,24). The number of aromatic nitrogens is 1. The molecule has 0 radical (unpaired) electrons. The predicted molar refractivity (Wildman–Crippen MR) is 106 cm³/mol. The average molecular weight is 415 g/mol. The molecule has 2 aromatic rings. The Kier molecular flexibility index (Phi) is 4.53. The molecule has 1 saturated heterocycles. The van der Waals surface area contributed by atoms with E-state index in [9.17, 15) is 13.2 Å². The van der Waals surface area contributed by atoms with Gasteiger partial charge < -0.3 is 14.5 Å². The summed E-state index contributed by atoms with van der Waals surface area (Å²) in [6.07, 6.45) is 5.50. The van der Waals surface area contributed by atoms with Gasteiger partial charge in [0.2, 0.25) is 15.9 Å². The number of hydrogen-bond acceptors (Lipinski definition) is 6. The van der Waals surface area contributed by atoms with Crippen molar-refractivity contribution in [3.8, 4) is 0 Å². The zero-order chi connectivity index (χ0) is 20.0. The molecule has 9 heteroatoms. The highest BCUT2D eigenvalue weighted by Crippen LogP contribution is 2.36. The van der Waals surface area contributed by atoms with Gasteiger partial charge in [-0.2, -0.15) is 4.31 Å². The molecule has 5 rings (SSSR count). The first kappa shape index (κ1) is 18.5. The molecule has 1 fully saturated rings. The van der Waals surface area contributed by atoms with E-state index in [0.29, 0.717) is 49.0 Å². The van der Waals surface area contributed by atoms with Gasteiger partial charge in [0.1, 0.15) is 5.76 Å². The molecular weight excluding hydrogens is 394 g/mol. The Morgan fingerprint density at radius 1 is 1.14 bits per heavy atom. The van der Waals surface area contributed by atoms with Crippen molar-refractivity contribution in [1.29, 1.82) is 0 Å². The van der Waals surface area contributed by atoms with E-state index in [1.165, 1.54) is 10.4 Å². The molecule has 1 amide bonds. The molecule has 0 saturated carbocycles. The lowest BCUT2D eigenvalue weighted by molar-refractivity contribution is -0.110. The minimum atomic E-state index is -3.65.